The van der Waals surface area contributed by atoms with Crippen molar-refractivity contribution >= 4 is 27.9 Å². The third-order valence-corrected chi connectivity index (χ3v) is 4.21. The maximum Gasteiger partial charge on any atom is 0.163 e. The van der Waals surface area contributed by atoms with E-state index in [1.807, 2.05) is 36.4 Å². The fraction of sp³-hybridized carbons (Fsp3) is 0.167. The summed E-state index contributed by atoms with van der Waals surface area (Å²) in [6.07, 6.45) is 0.851. The zero-order valence-corrected chi connectivity index (χ0v) is 12.7. The highest BCUT2D eigenvalue weighted by molar-refractivity contribution is 7.07. The number of benzene rings is 2. The average molecular weight is 296 g/mol. The third kappa shape index (κ3) is 2.98. The van der Waals surface area contributed by atoms with Gasteiger partial charge in [-0.15, -0.1) is 0 Å². The van der Waals surface area contributed by atoms with Crippen LogP contribution in [-0.2, 0) is 6.42 Å². The standard InChI is InChI=1S/C18H16O2S/c1-13(19)16-7-6-15-4-2-3-5-17(15)18(16)20-10-8-14-9-11-21-12-14/h2-7,9,11-12H,8,10H2,1H3. The SMILES string of the molecule is CC(=O)c1ccc2ccccc2c1OCCc1ccsc1. The van der Waals surface area contributed by atoms with E-state index in [-0.39, 0.29) is 5.78 Å². The van der Waals surface area contributed by atoms with Gasteiger partial charge in [0.05, 0.1) is 12.2 Å². The molecule has 0 spiro atoms. The van der Waals surface area contributed by atoms with E-state index in [4.69, 9.17) is 4.74 Å². The molecule has 0 bridgehead atoms. The van der Waals surface area contributed by atoms with Crippen LogP contribution in [0.1, 0.15) is 22.8 Å². The molecular formula is C18H16O2S. The molecule has 0 aliphatic carbocycles. The van der Waals surface area contributed by atoms with Crippen molar-refractivity contribution < 1.29 is 9.53 Å². The summed E-state index contributed by atoms with van der Waals surface area (Å²) >= 11 is 1.69. The molecule has 0 fully saturated rings. The molecule has 3 heteroatoms. The van der Waals surface area contributed by atoms with E-state index in [1.54, 1.807) is 18.3 Å². The molecule has 0 saturated heterocycles. The Balaban J connectivity index is 1.90. The molecule has 0 saturated carbocycles. The predicted octanol–water partition coefficient (Wildman–Crippen LogP) is 4.73. The highest BCUT2D eigenvalue weighted by Gasteiger charge is 2.12. The fourth-order valence-corrected chi connectivity index (χ4v) is 3.08. The molecule has 0 amide bonds. The normalized spacial score (nSPS) is 10.7. The molecule has 0 unspecified atom stereocenters. The summed E-state index contributed by atoms with van der Waals surface area (Å²) in [7, 11) is 0. The van der Waals surface area contributed by atoms with Gasteiger partial charge >= 0.3 is 0 Å². The van der Waals surface area contributed by atoms with Gasteiger partial charge in [-0.3, -0.25) is 4.79 Å². The van der Waals surface area contributed by atoms with Crippen LogP contribution in [0.15, 0.2) is 53.2 Å². The van der Waals surface area contributed by atoms with E-state index in [1.165, 1.54) is 5.56 Å². The maximum absolute atomic E-state index is 11.8. The van der Waals surface area contributed by atoms with Gasteiger partial charge in [-0.25, -0.2) is 0 Å². The fourth-order valence-electron chi connectivity index (χ4n) is 2.38. The first kappa shape index (κ1) is 13.8. The van der Waals surface area contributed by atoms with Crippen molar-refractivity contribution in [2.24, 2.45) is 0 Å². The lowest BCUT2D eigenvalue weighted by Crippen LogP contribution is -2.05. The topological polar surface area (TPSA) is 26.3 Å². The summed E-state index contributed by atoms with van der Waals surface area (Å²) in [5, 5.41) is 6.27. The first-order valence-electron chi connectivity index (χ1n) is 6.92. The van der Waals surface area contributed by atoms with Gasteiger partial charge in [-0.05, 0) is 40.8 Å². The van der Waals surface area contributed by atoms with Gasteiger partial charge in [0.1, 0.15) is 5.75 Å². The Labute approximate surface area is 128 Å². The summed E-state index contributed by atoms with van der Waals surface area (Å²) in [5.41, 5.74) is 1.92. The van der Waals surface area contributed by atoms with Crippen molar-refractivity contribution in [3.8, 4) is 5.75 Å². The number of hydrogen-bond acceptors (Lipinski definition) is 3. The van der Waals surface area contributed by atoms with Crippen molar-refractivity contribution in [1.82, 2.24) is 0 Å². The van der Waals surface area contributed by atoms with Crippen LogP contribution < -0.4 is 4.74 Å². The molecular weight excluding hydrogens is 280 g/mol. The van der Waals surface area contributed by atoms with Gasteiger partial charge in [-0.1, -0.05) is 30.3 Å². The lowest BCUT2D eigenvalue weighted by atomic mass is 10.0. The molecule has 1 heterocycles. The molecule has 0 aliphatic heterocycles. The Kier molecular flexibility index (Phi) is 4.02. The molecule has 0 N–H and O–H groups in total. The van der Waals surface area contributed by atoms with Crippen molar-refractivity contribution in [1.29, 1.82) is 0 Å². The number of ketones is 1. The van der Waals surface area contributed by atoms with Gasteiger partial charge in [0.15, 0.2) is 5.78 Å². The van der Waals surface area contributed by atoms with Gasteiger partial charge in [0, 0.05) is 11.8 Å². The minimum absolute atomic E-state index is 0.0336. The van der Waals surface area contributed by atoms with Crippen molar-refractivity contribution in [3.05, 3.63) is 64.4 Å². The van der Waals surface area contributed by atoms with Gasteiger partial charge in [0.2, 0.25) is 0 Å². The zero-order chi connectivity index (χ0) is 14.7. The Morgan fingerprint density at radius 2 is 2.00 bits per heavy atom. The summed E-state index contributed by atoms with van der Waals surface area (Å²) in [6, 6.07) is 13.9. The molecule has 0 radical (unpaired) electrons. The predicted molar refractivity (Wildman–Crippen MR) is 87.5 cm³/mol. The van der Waals surface area contributed by atoms with E-state index in [0.717, 1.165) is 17.2 Å². The first-order valence-corrected chi connectivity index (χ1v) is 7.86. The van der Waals surface area contributed by atoms with Crippen LogP contribution in [0.3, 0.4) is 0 Å². The average Bonchev–Trinajstić information content (AvgIpc) is 3.00. The number of carbonyl (C=O) groups excluding carboxylic acids is 1. The van der Waals surface area contributed by atoms with Crippen LogP contribution in [-0.4, -0.2) is 12.4 Å². The number of rotatable bonds is 5. The van der Waals surface area contributed by atoms with Crippen LogP contribution in [0.2, 0.25) is 0 Å². The highest BCUT2D eigenvalue weighted by Crippen LogP contribution is 2.30. The summed E-state index contributed by atoms with van der Waals surface area (Å²) in [6.45, 7) is 2.15. The van der Waals surface area contributed by atoms with Crippen molar-refractivity contribution in [2.45, 2.75) is 13.3 Å². The molecule has 2 aromatic carbocycles. The second-order valence-corrected chi connectivity index (χ2v) is 5.73. The first-order chi connectivity index (χ1) is 10.3. The van der Waals surface area contributed by atoms with Crippen LogP contribution in [0.4, 0.5) is 0 Å². The smallest absolute Gasteiger partial charge is 0.163 e. The molecule has 106 valence electrons. The van der Waals surface area contributed by atoms with Gasteiger partial charge < -0.3 is 4.74 Å². The number of ether oxygens (including phenoxy) is 1. The van der Waals surface area contributed by atoms with Gasteiger partial charge in [0.25, 0.3) is 0 Å². The monoisotopic (exact) mass is 296 g/mol. The van der Waals surface area contributed by atoms with Crippen molar-refractivity contribution in [2.75, 3.05) is 6.61 Å². The Morgan fingerprint density at radius 1 is 1.14 bits per heavy atom. The van der Waals surface area contributed by atoms with E-state index in [0.29, 0.717) is 17.9 Å². The molecule has 0 atom stereocenters. The number of hydrogen-bond donors (Lipinski definition) is 0. The largest absolute Gasteiger partial charge is 0.492 e. The Morgan fingerprint density at radius 3 is 2.76 bits per heavy atom. The maximum atomic E-state index is 11.8. The number of Topliss-reactive ketones (excluding diaryl/α,β-unsaturated/α-hetero) is 1. The second-order valence-electron chi connectivity index (χ2n) is 4.95. The molecule has 3 rings (SSSR count). The number of fused-ring (bicyclic) bond motifs is 1. The lowest BCUT2D eigenvalue weighted by Gasteiger charge is -2.12. The van der Waals surface area contributed by atoms with E-state index in [9.17, 15) is 4.79 Å². The minimum Gasteiger partial charge on any atom is -0.492 e. The molecule has 21 heavy (non-hydrogen) atoms. The second kappa shape index (κ2) is 6.10. The number of carbonyl (C=O) groups is 1. The van der Waals surface area contributed by atoms with E-state index >= 15 is 0 Å². The Bertz CT molecular complexity index is 760. The lowest BCUT2D eigenvalue weighted by molar-refractivity contribution is 0.101. The van der Waals surface area contributed by atoms with E-state index < -0.39 is 0 Å². The summed E-state index contributed by atoms with van der Waals surface area (Å²) < 4.78 is 5.97. The highest BCUT2D eigenvalue weighted by atomic mass is 32.1. The van der Waals surface area contributed by atoms with Crippen LogP contribution in [0.5, 0.6) is 5.75 Å². The number of thiophene rings is 1. The Hall–Kier alpha value is -2.13. The molecule has 3 aromatic rings. The van der Waals surface area contributed by atoms with Crippen LogP contribution >= 0.6 is 11.3 Å². The molecule has 0 aliphatic rings. The third-order valence-electron chi connectivity index (χ3n) is 3.48. The zero-order valence-electron chi connectivity index (χ0n) is 11.8. The van der Waals surface area contributed by atoms with Crippen molar-refractivity contribution in [3.63, 3.8) is 0 Å². The van der Waals surface area contributed by atoms with Crippen LogP contribution in [0, 0.1) is 0 Å². The summed E-state index contributed by atoms with van der Waals surface area (Å²) in [4.78, 5) is 11.8. The molecule has 1 aromatic heterocycles. The van der Waals surface area contributed by atoms with E-state index in [2.05, 4.69) is 16.8 Å². The van der Waals surface area contributed by atoms with Gasteiger partial charge in [-0.2, -0.15) is 11.3 Å². The molecule has 2 nitrogen and oxygen atoms in total. The summed E-state index contributed by atoms with van der Waals surface area (Å²) in [5.74, 6) is 0.738. The quantitative estimate of drug-likeness (QED) is 0.636. The van der Waals surface area contributed by atoms with Crippen LogP contribution in [0.25, 0.3) is 10.8 Å². The minimum atomic E-state index is 0.0336.